The summed E-state index contributed by atoms with van der Waals surface area (Å²) in [5.41, 5.74) is 3.60. The number of hydrogen-bond acceptors (Lipinski definition) is 1. The Morgan fingerprint density at radius 1 is 1.29 bits per heavy atom. The maximum absolute atomic E-state index is 4.43. The second kappa shape index (κ2) is 3.77. The summed E-state index contributed by atoms with van der Waals surface area (Å²) < 4.78 is 1.99. The average Bonchev–Trinajstić information content (AvgIpc) is 2.94. The molecule has 0 amide bonds. The molecule has 0 aliphatic rings. The Morgan fingerprint density at radius 2 is 2.12 bits per heavy atom. The molecule has 3 aromatic rings. The van der Waals surface area contributed by atoms with Gasteiger partial charge in [-0.25, -0.2) is 4.98 Å². The van der Waals surface area contributed by atoms with Gasteiger partial charge >= 0.3 is 0 Å². The van der Waals surface area contributed by atoms with E-state index in [4.69, 9.17) is 0 Å². The van der Waals surface area contributed by atoms with Gasteiger partial charge in [-0.3, -0.25) is 0 Å². The monoisotopic (exact) mass is 225 g/mol. The summed E-state index contributed by atoms with van der Waals surface area (Å²) >= 11 is 0. The number of benzene rings is 1. The molecule has 1 unspecified atom stereocenters. The van der Waals surface area contributed by atoms with Crippen LogP contribution < -0.4 is 0 Å². The lowest BCUT2D eigenvalue weighted by molar-refractivity contribution is 0.882. The van der Waals surface area contributed by atoms with Crippen LogP contribution in [0.2, 0.25) is 0 Å². The lowest BCUT2D eigenvalue weighted by Gasteiger charge is -2.07. The minimum Gasteiger partial charge on any atom is -0.361 e. The molecule has 0 bridgehead atoms. The Kier molecular flexibility index (Phi) is 2.25. The van der Waals surface area contributed by atoms with Crippen molar-refractivity contribution in [3.8, 4) is 0 Å². The van der Waals surface area contributed by atoms with Crippen molar-refractivity contribution in [2.24, 2.45) is 7.05 Å². The lowest BCUT2D eigenvalue weighted by atomic mass is 9.98. The molecule has 0 aliphatic heterocycles. The summed E-state index contributed by atoms with van der Waals surface area (Å²) in [4.78, 5) is 7.74. The largest absolute Gasteiger partial charge is 0.361 e. The highest BCUT2D eigenvalue weighted by Crippen LogP contribution is 2.29. The molecule has 0 fully saturated rings. The van der Waals surface area contributed by atoms with E-state index in [2.05, 4.69) is 47.5 Å². The van der Waals surface area contributed by atoms with E-state index >= 15 is 0 Å². The molecule has 2 aromatic heterocycles. The number of aromatic amines is 1. The van der Waals surface area contributed by atoms with Crippen LogP contribution in [0, 0.1) is 0 Å². The van der Waals surface area contributed by atoms with Crippen molar-refractivity contribution in [2.45, 2.75) is 12.8 Å². The first-order valence-electron chi connectivity index (χ1n) is 5.79. The Morgan fingerprint density at radius 3 is 2.88 bits per heavy atom. The number of nitrogens with one attached hydrogen (secondary N) is 1. The molecular weight excluding hydrogens is 210 g/mol. The topological polar surface area (TPSA) is 33.6 Å². The van der Waals surface area contributed by atoms with Gasteiger partial charge in [0.05, 0.1) is 12.0 Å². The van der Waals surface area contributed by atoms with Gasteiger partial charge in [0, 0.05) is 36.3 Å². The minimum absolute atomic E-state index is 0.312. The van der Waals surface area contributed by atoms with Gasteiger partial charge in [-0.2, -0.15) is 0 Å². The molecule has 0 aliphatic carbocycles. The molecule has 1 N–H and O–H groups in total. The highest BCUT2D eigenvalue weighted by atomic mass is 15.0. The van der Waals surface area contributed by atoms with Crippen molar-refractivity contribution in [2.75, 3.05) is 0 Å². The minimum atomic E-state index is 0.312. The Balaban J connectivity index is 2.09. The number of aromatic nitrogens is 3. The quantitative estimate of drug-likeness (QED) is 0.714. The van der Waals surface area contributed by atoms with Crippen molar-refractivity contribution in [1.82, 2.24) is 14.5 Å². The van der Waals surface area contributed by atoms with E-state index in [9.17, 15) is 0 Å². The fourth-order valence-corrected chi connectivity index (χ4v) is 2.27. The number of aryl methyl sites for hydroxylation is 1. The first kappa shape index (κ1) is 10.1. The molecule has 3 heteroatoms. The zero-order chi connectivity index (χ0) is 11.8. The Labute approximate surface area is 100 Å². The van der Waals surface area contributed by atoms with Crippen LogP contribution in [0.15, 0.2) is 43.0 Å². The second-order valence-corrected chi connectivity index (χ2v) is 4.48. The van der Waals surface area contributed by atoms with E-state index in [0.29, 0.717) is 5.92 Å². The third kappa shape index (κ3) is 1.64. The van der Waals surface area contributed by atoms with E-state index < -0.39 is 0 Å². The van der Waals surface area contributed by atoms with Gasteiger partial charge in [0.25, 0.3) is 0 Å². The van der Waals surface area contributed by atoms with Gasteiger partial charge in [0.15, 0.2) is 0 Å². The van der Waals surface area contributed by atoms with Gasteiger partial charge < -0.3 is 9.55 Å². The SMILES string of the molecule is CC(c1cn(C)cn1)c1c[nH]c2ccccc12. The summed E-state index contributed by atoms with van der Waals surface area (Å²) in [6.45, 7) is 2.19. The van der Waals surface area contributed by atoms with Crippen molar-refractivity contribution in [1.29, 1.82) is 0 Å². The molecule has 0 saturated heterocycles. The predicted octanol–water partition coefficient (Wildman–Crippen LogP) is 3.05. The average molecular weight is 225 g/mol. The highest BCUT2D eigenvalue weighted by molar-refractivity contribution is 5.83. The van der Waals surface area contributed by atoms with Crippen LogP contribution in [-0.4, -0.2) is 14.5 Å². The zero-order valence-corrected chi connectivity index (χ0v) is 10.0. The fraction of sp³-hybridized carbons (Fsp3) is 0.214. The molecule has 3 rings (SSSR count). The molecule has 17 heavy (non-hydrogen) atoms. The normalized spacial score (nSPS) is 13.1. The van der Waals surface area contributed by atoms with Gasteiger partial charge in [-0.05, 0) is 11.6 Å². The van der Waals surface area contributed by atoms with Crippen molar-refractivity contribution in [3.63, 3.8) is 0 Å². The number of nitrogens with zero attached hydrogens (tertiary/aromatic N) is 2. The second-order valence-electron chi connectivity index (χ2n) is 4.48. The van der Waals surface area contributed by atoms with E-state index in [1.165, 1.54) is 16.5 Å². The number of H-pyrrole nitrogens is 1. The van der Waals surface area contributed by atoms with Crippen LogP contribution in [0.25, 0.3) is 10.9 Å². The first-order chi connectivity index (χ1) is 8.25. The third-order valence-corrected chi connectivity index (χ3v) is 3.26. The number of fused-ring (bicyclic) bond motifs is 1. The van der Waals surface area contributed by atoms with Crippen LogP contribution in [0.3, 0.4) is 0 Å². The number of rotatable bonds is 2. The van der Waals surface area contributed by atoms with Crippen LogP contribution >= 0.6 is 0 Å². The molecule has 1 atom stereocenters. The highest BCUT2D eigenvalue weighted by Gasteiger charge is 2.14. The van der Waals surface area contributed by atoms with Crippen LogP contribution in [-0.2, 0) is 7.05 Å². The van der Waals surface area contributed by atoms with Crippen molar-refractivity contribution < 1.29 is 0 Å². The van der Waals surface area contributed by atoms with Crippen LogP contribution in [0.1, 0.15) is 24.1 Å². The fourth-order valence-electron chi connectivity index (χ4n) is 2.27. The molecule has 0 saturated carbocycles. The smallest absolute Gasteiger partial charge is 0.0947 e. The number of imidazole rings is 1. The van der Waals surface area contributed by atoms with Crippen molar-refractivity contribution in [3.05, 3.63) is 54.2 Å². The molecule has 1 aromatic carbocycles. The molecule has 3 nitrogen and oxygen atoms in total. The van der Waals surface area contributed by atoms with E-state index in [1.807, 2.05) is 24.0 Å². The molecule has 0 radical (unpaired) electrons. The standard InChI is InChI=1S/C14H15N3/c1-10(14-8-17(2)9-16-14)12-7-15-13-6-4-3-5-11(12)13/h3-10,15H,1-2H3. The molecular formula is C14H15N3. The number of para-hydroxylation sites is 1. The van der Waals surface area contributed by atoms with Gasteiger partial charge in [-0.15, -0.1) is 0 Å². The summed E-state index contributed by atoms with van der Waals surface area (Å²) in [7, 11) is 2.00. The zero-order valence-electron chi connectivity index (χ0n) is 10.0. The Bertz CT molecular complexity index is 648. The van der Waals surface area contributed by atoms with Gasteiger partial charge in [0.2, 0.25) is 0 Å². The van der Waals surface area contributed by atoms with E-state index in [1.54, 1.807) is 0 Å². The molecule has 2 heterocycles. The van der Waals surface area contributed by atoms with Crippen LogP contribution in [0.5, 0.6) is 0 Å². The lowest BCUT2D eigenvalue weighted by Crippen LogP contribution is -1.95. The summed E-state index contributed by atoms with van der Waals surface area (Å²) in [5.74, 6) is 0.312. The van der Waals surface area contributed by atoms with E-state index in [0.717, 1.165) is 5.69 Å². The maximum atomic E-state index is 4.43. The number of hydrogen-bond donors (Lipinski definition) is 1. The summed E-state index contributed by atoms with van der Waals surface area (Å²) in [6, 6.07) is 8.38. The van der Waals surface area contributed by atoms with Gasteiger partial charge in [0.1, 0.15) is 0 Å². The van der Waals surface area contributed by atoms with E-state index in [-0.39, 0.29) is 0 Å². The Hall–Kier alpha value is -2.03. The third-order valence-electron chi connectivity index (χ3n) is 3.26. The van der Waals surface area contributed by atoms with Gasteiger partial charge in [-0.1, -0.05) is 25.1 Å². The summed E-state index contributed by atoms with van der Waals surface area (Å²) in [5, 5.41) is 1.28. The predicted molar refractivity (Wildman–Crippen MR) is 69.0 cm³/mol. The summed E-state index contributed by atoms with van der Waals surface area (Å²) in [6.07, 6.45) is 6.01. The molecule has 86 valence electrons. The maximum Gasteiger partial charge on any atom is 0.0947 e. The molecule has 0 spiro atoms. The van der Waals surface area contributed by atoms with Crippen LogP contribution in [0.4, 0.5) is 0 Å². The van der Waals surface area contributed by atoms with Crippen molar-refractivity contribution >= 4 is 10.9 Å². The first-order valence-corrected chi connectivity index (χ1v) is 5.79.